The fourth-order valence-corrected chi connectivity index (χ4v) is 2.25. The summed E-state index contributed by atoms with van der Waals surface area (Å²) in [4.78, 5) is 37.8. The molecule has 0 saturated heterocycles. The molecule has 1 heterocycles. The van der Waals surface area contributed by atoms with Gasteiger partial charge in [0, 0.05) is 17.3 Å². The molecule has 0 fully saturated rings. The molecular weight excluding hydrogens is 306 g/mol. The number of unbranched alkanes of at least 4 members (excludes halogenated alkanes) is 1. The number of aromatic amines is 1. The van der Waals surface area contributed by atoms with Crippen molar-refractivity contribution in [2.75, 3.05) is 6.61 Å². The van der Waals surface area contributed by atoms with Crippen molar-refractivity contribution in [2.45, 2.75) is 33.1 Å². The smallest absolute Gasteiger partial charge is 0.355 e. The number of aromatic nitrogens is 1. The number of nitrogens with one attached hydrogen (secondary N) is 1. The SMILES string of the molecule is CCCCc1ccc(C(=O)COC(=O)c2cc(C(C)=O)c[nH]2)cc1. The zero-order chi connectivity index (χ0) is 17.5. The second-order valence-electron chi connectivity index (χ2n) is 5.66. The third kappa shape index (κ3) is 4.65. The van der Waals surface area contributed by atoms with Gasteiger partial charge in [0.1, 0.15) is 5.69 Å². The van der Waals surface area contributed by atoms with Crippen LogP contribution in [-0.2, 0) is 11.2 Å². The molecule has 1 aromatic heterocycles. The Labute approximate surface area is 141 Å². The van der Waals surface area contributed by atoms with E-state index in [1.165, 1.54) is 24.8 Å². The van der Waals surface area contributed by atoms with Crippen LogP contribution in [0.2, 0.25) is 0 Å². The predicted octanol–water partition coefficient (Wildman–Crippen LogP) is 3.60. The van der Waals surface area contributed by atoms with Gasteiger partial charge in [0.05, 0.1) is 0 Å². The quantitative estimate of drug-likeness (QED) is 0.594. The second-order valence-corrected chi connectivity index (χ2v) is 5.66. The third-order valence-electron chi connectivity index (χ3n) is 3.74. The lowest BCUT2D eigenvalue weighted by Crippen LogP contribution is -2.14. The van der Waals surface area contributed by atoms with E-state index in [9.17, 15) is 14.4 Å². The first-order valence-corrected chi connectivity index (χ1v) is 8.00. The van der Waals surface area contributed by atoms with E-state index in [-0.39, 0.29) is 23.9 Å². The van der Waals surface area contributed by atoms with Crippen molar-refractivity contribution < 1.29 is 19.1 Å². The first kappa shape index (κ1) is 17.7. The average Bonchev–Trinajstić information content (AvgIpc) is 3.08. The van der Waals surface area contributed by atoms with Gasteiger partial charge in [-0.25, -0.2) is 4.79 Å². The summed E-state index contributed by atoms with van der Waals surface area (Å²) < 4.78 is 5.00. The number of carbonyl (C=O) groups excluding carboxylic acids is 3. The summed E-state index contributed by atoms with van der Waals surface area (Å²) in [5, 5.41) is 0. The molecule has 0 radical (unpaired) electrons. The van der Waals surface area contributed by atoms with Crippen LogP contribution in [0.25, 0.3) is 0 Å². The van der Waals surface area contributed by atoms with Crippen LogP contribution in [0, 0.1) is 0 Å². The van der Waals surface area contributed by atoms with E-state index in [1.54, 1.807) is 12.1 Å². The highest BCUT2D eigenvalue weighted by atomic mass is 16.5. The Kier molecular flexibility index (Phi) is 6.07. The van der Waals surface area contributed by atoms with Gasteiger partial charge in [-0.15, -0.1) is 0 Å². The van der Waals surface area contributed by atoms with Gasteiger partial charge >= 0.3 is 5.97 Å². The van der Waals surface area contributed by atoms with Gasteiger partial charge in [-0.2, -0.15) is 0 Å². The van der Waals surface area contributed by atoms with E-state index in [0.717, 1.165) is 19.3 Å². The minimum absolute atomic E-state index is 0.149. The molecule has 1 aromatic carbocycles. The number of ketones is 2. The minimum atomic E-state index is -0.657. The highest BCUT2D eigenvalue weighted by molar-refractivity contribution is 6.00. The lowest BCUT2D eigenvalue weighted by molar-refractivity contribution is 0.0469. The van der Waals surface area contributed by atoms with Gasteiger partial charge in [0.2, 0.25) is 0 Å². The molecule has 0 unspecified atom stereocenters. The maximum absolute atomic E-state index is 12.1. The van der Waals surface area contributed by atoms with Crippen LogP contribution in [0.15, 0.2) is 36.5 Å². The monoisotopic (exact) mass is 327 g/mol. The molecule has 24 heavy (non-hydrogen) atoms. The Bertz CT molecular complexity index is 728. The molecule has 0 spiro atoms. The van der Waals surface area contributed by atoms with Gasteiger partial charge in [0.15, 0.2) is 18.2 Å². The Morgan fingerprint density at radius 3 is 2.38 bits per heavy atom. The molecule has 5 heteroatoms. The topological polar surface area (TPSA) is 76.2 Å². The van der Waals surface area contributed by atoms with E-state index in [0.29, 0.717) is 11.1 Å². The lowest BCUT2D eigenvalue weighted by Gasteiger charge is -2.05. The summed E-state index contributed by atoms with van der Waals surface area (Å²) in [7, 11) is 0. The summed E-state index contributed by atoms with van der Waals surface area (Å²) in [6.45, 7) is 3.21. The van der Waals surface area contributed by atoms with Crippen LogP contribution in [-0.4, -0.2) is 29.1 Å². The standard InChI is InChI=1S/C19H21NO4/c1-3-4-5-14-6-8-15(9-7-14)18(22)12-24-19(23)17-10-16(11-20-17)13(2)21/h6-11,20H,3-5,12H2,1-2H3. The van der Waals surface area contributed by atoms with Crippen molar-refractivity contribution in [3.8, 4) is 0 Å². The highest BCUT2D eigenvalue weighted by Crippen LogP contribution is 2.10. The Morgan fingerprint density at radius 1 is 1.08 bits per heavy atom. The van der Waals surface area contributed by atoms with Gasteiger partial charge in [-0.05, 0) is 31.4 Å². The maximum Gasteiger partial charge on any atom is 0.355 e. The van der Waals surface area contributed by atoms with Crippen LogP contribution in [0.1, 0.15) is 63.5 Å². The van der Waals surface area contributed by atoms with Crippen LogP contribution in [0.4, 0.5) is 0 Å². The number of aryl methyl sites for hydroxylation is 1. The van der Waals surface area contributed by atoms with Crippen LogP contribution in [0.3, 0.4) is 0 Å². The number of esters is 1. The zero-order valence-corrected chi connectivity index (χ0v) is 13.9. The number of hydrogen-bond donors (Lipinski definition) is 1. The average molecular weight is 327 g/mol. The van der Waals surface area contributed by atoms with E-state index >= 15 is 0 Å². The number of ether oxygens (including phenoxy) is 1. The van der Waals surface area contributed by atoms with Crippen LogP contribution >= 0.6 is 0 Å². The largest absolute Gasteiger partial charge is 0.453 e. The predicted molar refractivity (Wildman–Crippen MR) is 90.5 cm³/mol. The van der Waals surface area contributed by atoms with Gasteiger partial charge in [0.25, 0.3) is 0 Å². The van der Waals surface area contributed by atoms with Crippen molar-refractivity contribution >= 4 is 17.5 Å². The lowest BCUT2D eigenvalue weighted by atomic mass is 10.0. The van der Waals surface area contributed by atoms with E-state index in [2.05, 4.69) is 11.9 Å². The summed E-state index contributed by atoms with van der Waals surface area (Å²) >= 11 is 0. The van der Waals surface area contributed by atoms with E-state index < -0.39 is 5.97 Å². The summed E-state index contributed by atoms with van der Waals surface area (Å²) in [5.41, 5.74) is 2.26. The van der Waals surface area contributed by atoms with Gasteiger partial charge in [-0.1, -0.05) is 37.6 Å². The molecule has 0 aliphatic heterocycles. The third-order valence-corrected chi connectivity index (χ3v) is 3.74. The molecule has 0 aliphatic rings. The number of H-pyrrole nitrogens is 1. The van der Waals surface area contributed by atoms with E-state index in [4.69, 9.17) is 4.74 Å². The van der Waals surface area contributed by atoms with Crippen molar-refractivity contribution in [3.63, 3.8) is 0 Å². The minimum Gasteiger partial charge on any atom is -0.453 e. The summed E-state index contributed by atoms with van der Waals surface area (Å²) in [6.07, 6.45) is 4.67. The normalized spacial score (nSPS) is 10.4. The fourth-order valence-electron chi connectivity index (χ4n) is 2.25. The number of rotatable bonds is 8. The Morgan fingerprint density at radius 2 is 1.79 bits per heavy atom. The van der Waals surface area contributed by atoms with Crippen LogP contribution < -0.4 is 0 Å². The summed E-state index contributed by atoms with van der Waals surface area (Å²) in [6, 6.07) is 8.77. The molecule has 0 saturated carbocycles. The molecule has 1 N–H and O–H groups in total. The van der Waals surface area contributed by atoms with Gasteiger partial charge < -0.3 is 9.72 Å². The molecule has 2 aromatic rings. The van der Waals surface area contributed by atoms with Crippen molar-refractivity contribution in [1.29, 1.82) is 0 Å². The maximum atomic E-state index is 12.1. The first-order valence-electron chi connectivity index (χ1n) is 8.00. The van der Waals surface area contributed by atoms with Crippen molar-refractivity contribution in [2.24, 2.45) is 0 Å². The van der Waals surface area contributed by atoms with Crippen LogP contribution in [0.5, 0.6) is 0 Å². The molecule has 2 rings (SSSR count). The molecule has 5 nitrogen and oxygen atoms in total. The molecular formula is C19H21NO4. The first-order chi connectivity index (χ1) is 11.5. The number of benzene rings is 1. The molecule has 0 amide bonds. The number of hydrogen-bond acceptors (Lipinski definition) is 4. The molecule has 0 atom stereocenters. The van der Waals surface area contributed by atoms with E-state index in [1.807, 2.05) is 12.1 Å². The Balaban J connectivity index is 1.89. The number of Topliss-reactive ketones (excluding diaryl/α,β-unsaturated/α-hetero) is 2. The fraction of sp³-hybridized carbons (Fsp3) is 0.316. The van der Waals surface area contributed by atoms with Crippen molar-refractivity contribution in [3.05, 3.63) is 58.9 Å². The molecule has 0 aliphatic carbocycles. The number of carbonyl (C=O) groups is 3. The van der Waals surface area contributed by atoms with Gasteiger partial charge in [-0.3, -0.25) is 9.59 Å². The Hall–Kier alpha value is -2.69. The second kappa shape index (κ2) is 8.24. The molecule has 126 valence electrons. The highest BCUT2D eigenvalue weighted by Gasteiger charge is 2.14. The zero-order valence-electron chi connectivity index (χ0n) is 13.9. The van der Waals surface area contributed by atoms with Crippen molar-refractivity contribution in [1.82, 2.24) is 4.98 Å². The summed E-state index contributed by atoms with van der Waals surface area (Å²) in [5.74, 6) is -1.07. The molecule has 0 bridgehead atoms.